The highest BCUT2D eigenvalue weighted by atomic mass is 32.2. The van der Waals surface area contributed by atoms with Crippen molar-refractivity contribution in [2.45, 2.75) is 35.1 Å². The summed E-state index contributed by atoms with van der Waals surface area (Å²) in [6, 6.07) is 5.98. The number of benzene rings is 1. The Balaban J connectivity index is 1.81. The van der Waals surface area contributed by atoms with Gasteiger partial charge in [0.25, 0.3) is 15.6 Å². The van der Waals surface area contributed by atoms with Gasteiger partial charge < -0.3 is 10.0 Å². The van der Waals surface area contributed by atoms with Gasteiger partial charge in [-0.15, -0.1) is 11.3 Å². The van der Waals surface area contributed by atoms with Crippen LogP contribution in [-0.2, 0) is 15.6 Å². The molecule has 0 bridgehead atoms. The van der Waals surface area contributed by atoms with Crippen molar-refractivity contribution in [3.8, 4) is 0 Å². The van der Waals surface area contributed by atoms with E-state index in [1.807, 2.05) is 0 Å². The van der Waals surface area contributed by atoms with Crippen LogP contribution in [0.15, 0.2) is 46.0 Å². The summed E-state index contributed by atoms with van der Waals surface area (Å²) in [7, 11) is -3.67. The maximum atomic E-state index is 13.0. The van der Waals surface area contributed by atoms with Crippen molar-refractivity contribution in [3.63, 3.8) is 0 Å². The molecule has 172 valence electrons. The first-order valence-electron chi connectivity index (χ1n) is 8.96. The predicted octanol–water partition coefficient (Wildman–Crippen LogP) is 3.96. The molecule has 0 aliphatic carbocycles. The lowest BCUT2D eigenvalue weighted by atomic mass is 9.92. The average Bonchev–Trinajstić information content (AvgIpc) is 3.21. The molecule has 13 heteroatoms. The summed E-state index contributed by atoms with van der Waals surface area (Å²) in [6.45, 7) is 2.08. The number of nitrogens with zero attached hydrogens (tertiary/aromatic N) is 2. The van der Waals surface area contributed by atoms with Crippen molar-refractivity contribution in [1.29, 1.82) is 0 Å². The summed E-state index contributed by atoms with van der Waals surface area (Å²) < 4.78 is 105. The SMILES string of the molecule is C[C@H]1CN(S(=O)(=O)c2cccs2)CCN1c1ccc(C(O)(C(F)(F)F)C(F)(F)F)cc1. The smallest absolute Gasteiger partial charge is 0.369 e. The zero-order valence-corrected chi connectivity index (χ0v) is 17.6. The molecule has 0 amide bonds. The van der Waals surface area contributed by atoms with Gasteiger partial charge in [0.1, 0.15) is 4.21 Å². The van der Waals surface area contributed by atoms with Gasteiger partial charge in [-0.05, 0) is 30.5 Å². The Bertz CT molecular complexity index is 990. The largest absolute Gasteiger partial charge is 0.430 e. The van der Waals surface area contributed by atoms with Crippen LogP contribution >= 0.6 is 11.3 Å². The lowest BCUT2D eigenvalue weighted by Crippen LogP contribution is -2.54. The Kier molecular flexibility index (Phi) is 6.10. The molecule has 1 aromatic heterocycles. The third-order valence-electron chi connectivity index (χ3n) is 5.12. The lowest BCUT2D eigenvalue weighted by Gasteiger charge is -2.40. The number of alkyl halides is 6. The number of piperazine rings is 1. The molecule has 31 heavy (non-hydrogen) atoms. The second-order valence-electron chi connectivity index (χ2n) is 7.09. The number of halogens is 6. The first kappa shape index (κ1) is 23.8. The first-order valence-corrected chi connectivity index (χ1v) is 11.3. The van der Waals surface area contributed by atoms with Crippen LogP contribution < -0.4 is 4.90 Å². The van der Waals surface area contributed by atoms with Gasteiger partial charge in [0.15, 0.2) is 0 Å². The third kappa shape index (κ3) is 4.15. The number of anilines is 1. The van der Waals surface area contributed by atoms with Crippen molar-refractivity contribution < 1.29 is 39.9 Å². The minimum atomic E-state index is -5.96. The van der Waals surface area contributed by atoms with Crippen LogP contribution in [-0.4, -0.2) is 55.9 Å². The van der Waals surface area contributed by atoms with Crippen molar-refractivity contribution in [1.82, 2.24) is 4.31 Å². The summed E-state index contributed by atoms with van der Waals surface area (Å²) in [5.74, 6) is 0. The summed E-state index contributed by atoms with van der Waals surface area (Å²) in [5.41, 5.74) is -6.02. The molecular weight excluding hydrogens is 470 g/mol. The van der Waals surface area contributed by atoms with Crippen LogP contribution in [0, 0.1) is 0 Å². The van der Waals surface area contributed by atoms with E-state index in [0.29, 0.717) is 17.8 Å². The molecule has 1 aromatic carbocycles. The number of hydrogen-bond donors (Lipinski definition) is 1. The van der Waals surface area contributed by atoms with Gasteiger partial charge in [0.2, 0.25) is 0 Å². The third-order valence-corrected chi connectivity index (χ3v) is 8.35. The van der Waals surface area contributed by atoms with Gasteiger partial charge >= 0.3 is 12.4 Å². The second-order valence-corrected chi connectivity index (χ2v) is 10.2. The molecule has 1 saturated heterocycles. The van der Waals surface area contributed by atoms with Gasteiger partial charge in [0, 0.05) is 36.9 Å². The topological polar surface area (TPSA) is 60.9 Å². The Labute approximate surface area is 178 Å². The quantitative estimate of drug-likeness (QED) is 0.662. The Morgan fingerprint density at radius 1 is 1.00 bits per heavy atom. The molecular formula is C18H18F6N2O3S2. The van der Waals surface area contributed by atoms with Gasteiger partial charge in [-0.2, -0.15) is 30.6 Å². The summed E-state index contributed by atoms with van der Waals surface area (Å²) >= 11 is 1.08. The molecule has 1 aliphatic heterocycles. The fourth-order valence-electron chi connectivity index (χ4n) is 3.45. The number of hydrogen-bond acceptors (Lipinski definition) is 5. The molecule has 0 radical (unpaired) electrons. The highest BCUT2D eigenvalue weighted by Crippen LogP contribution is 2.50. The van der Waals surface area contributed by atoms with Crippen LogP contribution in [0.2, 0.25) is 0 Å². The van der Waals surface area contributed by atoms with Crippen LogP contribution in [0.5, 0.6) is 0 Å². The summed E-state index contributed by atoms with van der Waals surface area (Å²) in [4.78, 5) is 1.68. The standard InChI is InChI=1S/C18H18F6N2O3S2/c1-12-11-25(31(28,29)15-3-2-10-30-15)8-9-26(12)14-6-4-13(5-7-14)16(27,17(19,20)21)18(22,23)24/h2-7,10,12,27H,8-9,11H2,1H3/t12-/m0/s1. The predicted molar refractivity (Wildman–Crippen MR) is 102 cm³/mol. The van der Waals surface area contributed by atoms with E-state index in [2.05, 4.69) is 0 Å². The lowest BCUT2D eigenvalue weighted by molar-refractivity contribution is -0.376. The zero-order valence-electron chi connectivity index (χ0n) is 16.0. The molecule has 1 aliphatic rings. The number of aliphatic hydroxyl groups is 1. The van der Waals surface area contributed by atoms with Crippen LogP contribution in [0.25, 0.3) is 0 Å². The zero-order chi connectivity index (χ0) is 23.2. The maximum absolute atomic E-state index is 13.0. The maximum Gasteiger partial charge on any atom is 0.430 e. The van der Waals surface area contributed by atoms with Gasteiger partial charge in [-0.25, -0.2) is 8.42 Å². The van der Waals surface area contributed by atoms with Gasteiger partial charge in [-0.3, -0.25) is 0 Å². The van der Waals surface area contributed by atoms with E-state index < -0.39 is 39.6 Å². The van der Waals surface area contributed by atoms with Crippen LogP contribution in [0.1, 0.15) is 12.5 Å². The highest BCUT2D eigenvalue weighted by Gasteiger charge is 2.71. The normalized spacial score (nSPS) is 19.6. The Morgan fingerprint density at radius 2 is 1.58 bits per heavy atom. The van der Waals surface area contributed by atoms with E-state index in [1.54, 1.807) is 23.3 Å². The molecule has 1 N–H and O–H groups in total. The van der Waals surface area contributed by atoms with Crippen LogP contribution in [0.4, 0.5) is 32.0 Å². The molecule has 2 aromatic rings. The van der Waals surface area contributed by atoms with E-state index >= 15 is 0 Å². The van der Waals surface area contributed by atoms with Crippen molar-refractivity contribution >= 4 is 27.0 Å². The molecule has 2 heterocycles. The van der Waals surface area contributed by atoms with E-state index in [9.17, 15) is 39.9 Å². The summed E-state index contributed by atoms with van der Waals surface area (Å²) in [5, 5.41) is 11.1. The van der Waals surface area contributed by atoms with Crippen molar-refractivity contribution in [2.24, 2.45) is 0 Å². The van der Waals surface area contributed by atoms with Crippen molar-refractivity contribution in [2.75, 3.05) is 24.5 Å². The average molecular weight is 488 g/mol. The monoisotopic (exact) mass is 488 g/mol. The highest BCUT2D eigenvalue weighted by molar-refractivity contribution is 7.91. The second kappa shape index (κ2) is 7.94. The Morgan fingerprint density at radius 3 is 2.03 bits per heavy atom. The number of rotatable bonds is 4. The van der Waals surface area contributed by atoms with Gasteiger partial charge in [0.05, 0.1) is 0 Å². The minimum Gasteiger partial charge on any atom is -0.369 e. The fraction of sp³-hybridized carbons (Fsp3) is 0.444. The van der Waals surface area contributed by atoms with E-state index in [0.717, 1.165) is 23.5 Å². The number of sulfonamides is 1. The van der Waals surface area contributed by atoms with E-state index in [-0.39, 0.29) is 23.8 Å². The van der Waals surface area contributed by atoms with Crippen LogP contribution in [0.3, 0.4) is 0 Å². The fourth-order valence-corrected chi connectivity index (χ4v) is 6.10. The Hall–Kier alpha value is -1.83. The molecule has 0 saturated carbocycles. The van der Waals surface area contributed by atoms with E-state index in [1.165, 1.54) is 10.4 Å². The number of thiophene rings is 1. The molecule has 0 spiro atoms. The first-order chi connectivity index (χ1) is 14.2. The molecule has 5 nitrogen and oxygen atoms in total. The summed E-state index contributed by atoms with van der Waals surface area (Å²) in [6.07, 6.45) is -11.9. The molecule has 3 rings (SSSR count). The molecule has 0 unspecified atom stereocenters. The van der Waals surface area contributed by atoms with Gasteiger partial charge in [-0.1, -0.05) is 18.2 Å². The molecule has 1 fully saturated rings. The minimum absolute atomic E-state index is 0.0943. The molecule has 1 atom stereocenters. The van der Waals surface area contributed by atoms with Crippen molar-refractivity contribution in [3.05, 3.63) is 47.3 Å². The van der Waals surface area contributed by atoms with E-state index in [4.69, 9.17) is 0 Å².